The van der Waals surface area contributed by atoms with Crippen molar-refractivity contribution < 1.29 is 9.53 Å². The molecule has 0 aromatic heterocycles. The molecule has 1 radical (unpaired) electrons. The molecule has 0 unspecified atom stereocenters. The number of ether oxygens (including phenoxy) is 1. The van der Waals surface area contributed by atoms with Gasteiger partial charge < -0.3 is 4.74 Å². The van der Waals surface area contributed by atoms with Crippen molar-refractivity contribution in [3.63, 3.8) is 0 Å². The van der Waals surface area contributed by atoms with Gasteiger partial charge in [0.15, 0.2) is 0 Å². The molecular formula is C13H25O2. The second-order valence-electron chi connectivity index (χ2n) is 3.95. The fourth-order valence-corrected chi connectivity index (χ4v) is 1.38. The van der Waals surface area contributed by atoms with E-state index in [1.807, 2.05) is 0 Å². The van der Waals surface area contributed by atoms with E-state index in [1.165, 1.54) is 19.3 Å². The van der Waals surface area contributed by atoms with Crippen molar-refractivity contribution in [2.45, 2.75) is 64.7 Å². The molecule has 0 rings (SSSR count). The molecule has 0 aliphatic heterocycles. The molecule has 15 heavy (non-hydrogen) atoms. The molecule has 0 aromatic rings. The highest BCUT2D eigenvalue weighted by atomic mass is 16.5. The lowest BCUT2D eigenvalue weighted by molar-refractivity contribution is -0.143. The first-order chi connectivity index (χ1) is 7.31. The fraction of sp³-hybridized carbons (Fsp3) is 0.846. The van der Waals surface area contributed by atoms with E-state index in [-0.39, 0.29) is 5.97 Å². The maximum absolute atomic E-state index is 11.2. The lowest BCUT2D eigenvalue weighted by atomic mass is 10.1. The van der Waals surface area contributed by atoms with Gasteiger partial charge >= 0.3 is 5.97 Å². The zero-order valence-corrected chi connectivity index (χ0v) is 10.1. The zero-order valence-electron chi connectivity index (χ0n) is 10.1. The number of rotatable bonds is 10. The molecule has 0 saturated heterocycles. The molecule has 0 saturated carbocycles. The van der Waals surface area contributed by atoms with Crippen LogP contribution in [0, 0.1) is 6.92 Å². The Morgan fingerprint density at radius 1 is 1.07 bits per heavy atom. The first-order valence-corrected chi connectivity index (χ1v) is 6.26. The van der Waals surface area contributed by atoms with E-state index in [0.29, 0.717) is 13.0 Å². The first-order valence-electron chi connectivity index (χ1n) is 6.26. The van der Waals surface area contributed by atoms with E-state index in [0.717, 1.165) is 32.1 Å². The molecule has 0 aromatic carbocycles. The van der Waals surface area contributed by atoms with E-state index in [4.69, 9.17) is 4.74 Å². The molecule has 2 nitrogen and oxygen atoms in total. The predicted molar refractivity (Wildman–Crippen MR) is 63.5 cm³/mol. The summed E-state index contributed by atoms with van der Waals surface area (Å²) in [5.41, 5.74) is 0. The van der Waals surface area contributed by atoms with Crippen molar-refractivity contribution in [3.8, 4) is 0 Å². The minimum Gasteiger partial charge on any atom is -0.466 e. The van der Waals surface area contributed by atoms with Crippen LogP contribution in [0.4, 0.5) is 0 Å². The number of unbranched alkanes of at least 4 members (excludes halogenated alkanes) is 6. The van der Waals surface area contributed by atoms with Gasteiger partial charge in [0.25, 0.3) is 0 Å². The Morgan fingerprint density at radius 3 is 2.40 bits per heavy atom. The number of hydrogen-bond donors (Lipinski definition) is 0. The smallest absolute Gasteiger partial charge is 0.305 e. The molecule has 0 aliphatic carbocycles. The van der Waals surface area contributed by atoms with Crippen molar-refractivity contribution in [2.75, 3.05) is 6.61 Å². The molecule has 0 amide bonds. The van der Waals surface area contributed by atoms with Crippen LogP contribution in [-0.4, -0.2) is 12.6 Å². The third-order valence-corrected chi connectivity index (χ3v) is 2.39. The van der Waals surface area contributed by atoms with Gasteiger partial charge in [-0.05, 0) is 12.8 Å². The Kier molecular flexibility index (Phi) is 11.1. The van der Waals surface area contributed by atoms with Crippen LogP contribution in [0.15, 0.2) is 0 Å². The fourth-order valence-electron chi connectivity index (χ4n) is 1.38. The Hall–Kier alpha value is -0.530. The molecule has 0 bridgehead atoms. The van der Waals surface area contributed by atoms with Crippen LogP contribution in [-0.2, 0) is 9.53 Å². The Balaban J connectivity index is 3.10. The standard InChI is InChI=1S/C13H25O2/c1-3-5-7-8-9-10-11-13(14)15-12-6-4-2/h1,3-12H2,2H3. The maximum Gasteiger partial charge on any atom is 0.305 e. The molecule has 0 N–H and O–H groups in total. The van der Waals surface area contributed by atoms with Gasteiger partial charge in [-0.15, -0.1) is 0 Å². The average molecular weight is 213 g/mol. The summed E-state index contributed by atoms with van der Waals surface area (Å²) in [6.07, 6.45) is 9.47. The van der Waals surface area contributed by atoms with Gasteiger partial charge in [-0.2, -0.15) is 0 Å². The lowest BCUT2D eigenvalue weighted by Crippen LogP contribution is -2.05. The van der Waals surface area contributed by atoms with Crippen molar-refractivity contribution >= 4 is 5.97 Å². The summed E-state index contributed by atoms with van der Waals surface area (Å²) in [7, 11) is 0. The van der Waals surface area contributed by atoms with Crippen LogP contribution >= 0.6 is 0 Å². The Bertz CT molecular complexity index is 143. The van der Waals surface area contributed by atoms with Crippen LogP contribution in [0.5, 0.6) is 0 Å². The third kappa shape index (κ3) is 11.4. The van der Waals surface area contributed by atoms with E-state index >= 15 is 0 Å². The van der Waals surface area contributed by atoms with E-state index in [1.54, 1.807) is 0 Å². The molecule has 2 heteroatoms. The average Bonchev–Trinajstić information content (AvgIpc) is 2.23. The van der Waals surface area contributed by atoms with Gasteiger partial charge in [0, 0.05) is 6.42 Å². The van der Waals surface area contributed by atoms with Gasteiger partial charge in [-0.25, -0.2) is 0 Å². The number of carbonyl (C=O) groups excluding carboxylic acids is 1. The highest BCUT2D eigenvalue weighted by molar-refractivity contribution is 5.69. The second kappa shape index (κ2) is 11.5. The van der Waals surface area contributed by atoms with Crippen molar-refractivity contribution in [2.24, 2.45) is 0 Å². The molecule has 0 aliphatic rings. The van der Waals surface area contributed by atoms with Crippen molar-refractivity contribution in [3.05, 3.63) is 6.92 Å². The van der Waals surface area contributed by atoms with Crippen LogP contribution in [0.3, 0.4) is 0 Å². The number of hydrogen-bond acceptors (Lipinski definition) is 2. The summed E-state index contributed by atoms with van der Waals surface area (Å²) in [5, 5.41) is 0. The molecule has 0 atom stereocenters. The Morgan fingerprint density at radius 2 is 1.73 bits per heavy atom. The van der Waals surface area contributed by atoms with Crippen molar-refractivity contribution in [1.82, 2.24) is 0 Å². The van der Waals surface area contributed by atoms with Gasteiger partial charge in [0.05, 0.1) is 6.61 Å². The van der Waals surface area contributed by atoms with E-state index in [9.17, 15) is 4.79 Å². The van der Waals surface area contributed by atoms with Gasteiger partial charge in [0.1, 0.15) is 0 Å². The van der Waals surface area contributed by atoms with Gasteiger partial charge in [0.2, 0.25) is 0 Å². The topological polar surface area (TPSA) is 26.3 Å². The zero-order chi connectivity index (χ0) is 11.4. The minimum absolute atomic E-state index is 0.0272. The normalized spacial score (nSPS) is 10.3. The molecular weight excluding hydrogens is 188 g/mol. The quantitative estimate of drug-likeness (QED) is 0.406. The van der Waals surface area contributed by atoms with Crippen LogP contribution in [0.2, 0.25) is 0 Å². The summed E-state index contributed by atoms with van der Waals surface area (Å²) >= 11 is 0. The monoisotopic (exact) mass is 213 g/mol. The lowest BCUT2D eigenvalue weighted by Gasteiger charge is -2.03. The molecule has 0 spiro atoms. The van der Waals surface area contributed by atoms with Gasteiger partial charge in [-0.3, -0.25) is 4.79 Å². The molecule has 0 fully saturated rings. The van der Waals surface area contributed by atoms with Gasteiger partial charge in [-0.1, -0.05) is 52.4 Å². The summed E-state index contributed by atoms with van der Waals surface area (Å²) < 4.78 is 5.06. The Labute approximate surface area is 94.4 Å². The maximum atomic E-state index is 11.2. The summed E-state index contributed by atoms with van der Waals surface area (Å²) in [6.45, 7) is 6.49. The number of esters is 1. The largest absolute Gasteiger partial charge is 0.466 e. The summed E-state index contributed by atoms with van der Waals surface area (Å²) in [5.74, 6) is -0.0272. The van der Waals surface area contributed by atoms with E-state index < -0.39 is 0 Å². The minimum atomic E-state index is -0.0272. The molecule has 89 valence electrons. The van der Waals surface area contributed by atoms with Crippen LogP contribution in [0.25, 0.3) is 0 Å². The second-order valence-corrected chi connectivity index (χ2v) is 3.95. The predicted octanol–water partition coefficient (Wildman–Crippen LogP) is 3.89. The first kappa shape index (κ1) is 14.5. The summed E-state index contributed by atoms with van der Waals surface area (Å²) in [4.78, 5) is 11.2. The van der Waals surface area contributed by atoms with E-state index in [2.05, 4.69) is 13.8 Å². The third-order valence-electron chi connectivity index (χ3n) is 2.39. The van der Waals surface area contributed by atoms with Crippen molar-refractivity contribution in [1.29, 1.82) is 0 Å². The van der Waals surface area contributed by atoms with Crippen LogP contribution < -0.4 is 0 Å². The molecule has 0 heterocycles. The van der Waals surface area contributed by atoms with Crippen LogP contribution in [0.1, 0.15) is 64.7 Å². The highest BCUT2D eigenvalue weighted by Gasteiger charge is 2.01. The summed E-state index contributed by atoms with van der Waals surface area (Å²) in [6, 6.07) is 0. The SMILES string of the molecule is [CH2]CCCCCCCC(=O)OCCCC. The highest BCUT2D eigenvalue weighted by Crippen LogP contribution is 2.07. The number of carbonyl (C=O) groups is 1.